The summed E-state index contributed by atoms with van der Waals surface area (Å²) in [5.41, 5.74) is 5.37. The standard InChI is InChI=1S/C22H24F2O.CO2/c1-3-15-8-10-17(11-9-15)19-7-5-6-18(19)14-25-20-13-12-16(4-2)21(23)22(20)24;2-1-3/h8-13H,3-7,14H2,1-2H3;. The van der Waals surface area contributed by atoms with Crippen molar-refractivity contribution in [1.82, 2.24) is 0 Å². The smallest absolute Gasteiger partial charge is 0.373 e. The zero-order valence-corrected chi connectivity index (χ0v) is 16.2. The van der Waals surface area contributed by atoms with E-state index >= 15 is 0 Å². The minimum Gasteiger partial charge on any atom is -0.486 e. The normalized spacial score (nSPS) is 13.0. The maximum atomic E-state index is 14.1. The van der Waals surface area contributed by atoms with Crippen molar-refractivity contribution in [2.24, 2.45) is 0 Å². The third-order valence-corrected chi connectivity index (χ3v) is 4.95. The van der Waals surface area contributed by atoms with Gasteiger partial charge in [0, 0.05) is 0 Å². The zero-order valence-electron chi connectivity index (χ0n) is 16.2. The number of benzene rings is 2. The van der Waals surface area contributed by atoms with Gasteiger partial charge in [-0.15, -0.1) is 0 Å². The van der Waals surface area contributed by atoms with Crippen LogP contribution in [0.3, 0.4) is 0 Å². The van der Waals surface area contributed by atoms with Gasteiger partial charge in [-0.1, -0.05) is 44.2 Å². The molecule has 1 aliphatic carbocycles. The van der Waals surface area contributed by atoms with E-state index in [-0.39, 0.29) is 11.9 Å². The first kappa shape index (κ1) is 21.5. The van der Waals surface area contributed by atoms with Crippen molar-refractivity contribution in [1.29, 1.82) is 0 Å². The fourth-order valence-electron chi connectivity index (χ4n) is 3.38. The predicted molar refractivity (Wildman–Crippen MR) is 103 cm³/mol. The molecule has 148 valence electrons. The summed E-state index contributed by atoms with van der Waals surface area (Å²) in [4.78, 5) is 16.2. The lowest BCUT2D eigenvalue weighted by Crippen LogP contribution is -2.05. The summed E-state index contributed by atoms with van der Waals surface area (Å²) in [5, 5.41) is 0. The Labute approximate surface area is 164 Å². The fourth-order valence-corrected chi connectivity index (χ4v) is 3.38. The van der Waals surface area contributed by atoms with Crippen LogP contribution in [0.25, 0.3) is 5.57 Å². The Morgan fingerprint density at radius 3 is 2.21 bits per heavy atom. The number of halogens is 2. The van der Waals surface area contributed by atoms with Crippen molar-refractivity contribution in [3.63, 3.8) is 0 Å². The summed E-state index contributed by atoms with van der Waals surface area (Å²) in [7, 11) is 0. The first-order valence-electron chi connectivity index (χ1n) is 9.44. The molecular weight excluding hydrogens is 362 g/mol. The van der Waals surface area contributed by atoms with Crippen LogP contribution < -0.4 is 4.74 Å². The molecule has 0 aliphatic heterocycles. The van der Waals surface area contributed by atoms with Gasteiger partial charge in [-0.3, -0.25) is 0 Å². The molecule has 0 fully saturated rings. The molecule has 0 unspecified atom stereocenters. The minimum absolute atomic E-state index is 0.00483. The van der Waals surface area contributed by atoms with Crippen LogP contribution in [0, 0.1) is 11.6 Å². The van der Waals surface area contributed by atoms with Crippen molar-refractivity contribution >= 4 is 11.7 Å². The molecule has 0 atom stereocenters. The number of hydrogen-bond donors (Lipinski definition) is 0. The average molecular weight is 386 g/mol. The Morgan fingerprint density at radius 1 is 0.929 bits per heavy atom. The van der Waals surface area contributed by atoms with E-state index in [4.69, 9.17) is 14.3 Å². The van der Waals surface area contributed by atoms with Gasteiger partial charge in [0.15, 0.2) is 11.6 Å². The highest BCUT2D eigenvalue weighted by atomic mass is 19.2. The lowest BCUT2D eigenvalue weighted by Gasteiger charge is -2.12. The number of hydrogen-bond acceptors (Lipinski definition) is 3. The van der Waals surface area contributed by atoms with Gasteiger partial charge in [0.05, 0.1) is 0 Å². The van der Waals surface area contributed by atoms with Crippen LogP contribution >= 0.6 is 0 Å². The molecule has 3 rings (SSSR count). The van der Waals surface area contributed by atoms with Crippen LogP contribution in [0.1, 0.15) is 49.8 Å². The Bertz CT molecular complexity index is 864. The molecule has 0 saturated heterocycles. The van der Waals surface area contributed by atoms with Crippen molar-refractivity contribution < 1.29 is 23.1 Å². The zero-order chi connectivity index (χ0) is 20.5. The Morgan fingerprint density at radius 2 is 1.61 bits per heavy atom. The molecule has 0 amide bonds. The van der Waals surface area contributed by atoms with Gasteiger partial charge in [0.1, 0.15) is 6.61 Å². The summed E-state index contributed by atoms with van der Waals surface area (Å²) in [6.07, 6.45) is 4.77. The Hall–Kier alpha value is -2.78. The SMILES string of the molecule is CCc1ccc(C2=C(COc3ccc(CC)c(F)c3F)CCC2)cc1.O=C=O. The summed E-state index contributed by atoms with van der Waals surface area (Å²) in [6.45, 7) is 4.26. The second-order valence-electron chi connectivity index (χ2n) is 6.56. The number of rotatable bonds is 6. The lowest BCUT2D eigenvalue weighted by molar-refractivity contribution is -0.191. The number of ether oxygens (including phenoxy) is 1. The average Bonchev–Trinajstić information content (AvgIpc) is 3.18. The van der Waals surface area contributed by atoms with Crippen molar-refractivity contribution in [2.45, 2.75) is 46.0 Å². The van der Waals surface area contributed by atoms with Gasteiger partial charge < -0.3 is 4.74 Å². The minimum atomic E-state index is -0.883. The van der Waals surface area contributed by atoms with Crippen molar-refractivity contribution in [2.75, 3.05) is 6.61 Å². The lowest BCUT2D eigenvalue weighted by atomic mass is 10.0. The molecule has 0 heterocycles. The number of carbonyl (C=O) groups excluding carboxylic acids is 2. The molecule has 1 aliphatic rings. The van der Waals surface area contributed by atoms with Crippen LogP contribution in [0.2, 0.25) is 0 Å². The molecular formula is C23H24F2O3. The first-order chi connectivity index (χ1) is 13.5. The molecule has 0 saturated carbocycles. The number of aryl methyl sites for hydroxylation is 2. The Kier molecular flexibility index (Phi) is 8.09. The quantitative estimate of drug-likeness (QED) is 0.656. The summed E-state index contributed by atoms with van der Waals surface area (Å²) in [5.74, 6) is -1.68. The summed E-state index contributed by atoms with van der Waals surface area (Å²) < 4.78 is 33.6. The molecule has 5 heteroatoms. The summed E-state index contributed by atoms with van der Waals surface area (Å²) in [6, 6.07) is 11.7. The highest BCUT2D eigenvalue weighted by Crippen LogP contribution is 2.34. The van der Waals surface area contributed by atoms with E-state index in [1.165, 1.54) is 28.3 Å². The van der Waals surface area contributed by atoms with E-state index in [1.54, 1.807) is 13.0 Å². The van der Waals surface area contributed by atoms with Gasteiger partial charge in [0.25, 0.3) is 0 Å². The first-order valence-corrected chi connectivity index (χ1v) is 9.44. The second-order valence-corrected chi connectivity index (χ2v) is 6.56. The fraction of sp³-hybridized carbons (Fsp3) is 0.348. The van der Waals surface area contributed by atoms with E-state index in [0.29, 0.717) is 18.6 Å². The van der Waals surface area contributed by atoms with E-state index in [2.05, 4.69) is 31.2 Å². The van der Waals surface area contributed by atoms with Gasteiger partial charge in [-0.25, -0.2) is 4.39 Å². The van der Waals surface area contributed by atoms with Gasteiger partial charge in [0.2, 0.25) is 5.82 Å². The van der Waals surface area contributed by atoms with E-state index in [9.17, 15) is 8.78 Å². The van der Waals surface area contributed by atoms with Crippen LogP contribution in [0.15, 0.2) is 42.0 Å². The molecule has 28 heavy (non-hydrogen) atoms. The maximum Gasteiger partial charge on any atom is 0.373 e. The largest absolute Gasteiger partial charge is 0.486 e. The van der Waals surface area contributed by atoms with Crippen molar-refractivity contribution in [3.05, 3.63) is 70.3 Å². The highest BCUT2D eigenvalue weighted by Gasteiger charge is 2.18. The van der Waals surface area contributed by atoms with E-state index in [0.717, 1.165) is 25.7 Å². The van der Waals surface area contributed by atoms with Gasteiger partial charge in [-0.05, 0) is 66.0 Å². The predicted octanol–water partition coefficient (Wildman–Crippen LogP) is 5.52. The highest BCUT2D eigenvalue weighted by molar-refractivity contribution is 5.71. The molecule has 0 spiro atoms. The topological polar surface area (TPSA) is 43.4 Å². The monoisotopic (exact) mass is 386 g/mol. The van der Waals surface area contributed by atoms with Gasteiger partial charge >= 0.3 is 6.15 Å². The molecule has 2 aromatic rings. The Balaban J connectivity index is 0.000000878. The van der Waals surface area contributed by atoms with E-state index in [1.807, 2.05) is 0 Å². The van der Waals surface area contributed by atoms with Crippen LogP contribution in [0.4, 0.5) is 8.78 Å². The summed E-state index contributed by atoms with van der Waals surface area (Å²) >= 11 is 0. The van der Waals surface area contributed by atoms with Gasteiger partial charge in [-0.2, -0.15) is 14.0 Å². The van der Waals surface area contributed by atoms with E-state index < -0.39 is 11.6 Å². The maximum absolute atomic E-state index is 14.1. The second kappa shape index (κ2) is 10.5. The molecule has 0 N–H and O–H groups in total. The molecule has 3 nitrogen and oxygen atoms in total. The molecule has 0 bridgehead atoms. The molecule has 0 aromatic heterocycles. The third-order valence-electron chi connectivity index (χ3n) is 4.95. The van der Waals surface area contributed by atoms with Crippen LogP contribution in [-0.4, -0.2) is 12.8 Å². The van der Waals surface area contributed by atoms with Crippen LogP contribution in [-0.2, 0) is 22.4 Å². The molecule has 0 radical (unpaired) electrons. The molecule has 2 aromatic carbocycles. The third kappa shape index (κ3) is 5.14. The van der Waals surface area contributed by atoms with Crippen molar-refractivity contribution in [3.8, 4) is 5.75 Å². The number of allylic oxidation sites excluding steroid dienone is 1. The van der Waals surface area contributed by atoms with Crippen LogP contribution in [0.5, 0.6) is 5.75 Å².